The number of likely N-dealkylation sites (tertiary alicyclic amines) is 1. The normalized spacial score (nSPS) is 15.5. The van der Waals surface area contributed by atoms with Crippen LogP contribution < -0.4 is 0 Å². The van der Waals surface area contributed by atoms with Crippen molar-refractivity contribution >= 4 is 40.1 Å². The number of hydrogen-bond acceptors (Lipinski definition) is 7. The summed E-state index contributed by atoms with van der Waals surface area (Å²) >= 11 is 0.916. The van der Waals surface area contributed by atoms with Gasteiger partial charge in [0.05, 0.1) is 29.6 Å². The van der Waals surface area contributed by atoms with Crippen molar-refractivity contribution in [1.82, 2.24) is 24.8 Å². The first-order valence-electron chi connectivity index (χ1n) is 15.0. The fraction of sp³-hybridized carbons (Fsp3) is 0.424. The smallest absolute Gasteiger partial charge is 0.410 e. The molecule has 1 aliphatic rings. The molecule has 2 aromatic carbocycles. The molecular formula is C33H35F3N6O4S. The highest BCUT2D eigenvalue weighted by Gasteiger charge is 2.33. The van der Waals surface area contributed by atoms with E-state index in [4.69, 9.17) is 11.3 Å². The number of fused-ring (bicyclic) bond motifs is 1. The van der Waals surface area contributed by atoms with Gasteiger partial charge in [0.2, 0.25) is 5.69 Å². The number of likely N-dealkylation sites (N-methyl/N-ethyl adjacent to an activating group) is 1. The molecular weight excluding hydrogens is 633 g/mol. The lowest BCUT2D eigenvalue weighted by Crippen LogP contribution is -2.51. The number of aliphatic hydroxyl groups is 1. The number of carbonyl (C=O) groups excluding carboxylic acids is 2. The highest BCUT2D eigenvalue weighted by Crippen LogP contribution is 2.43. The van der Waals surface area contributed by atoms with E-state index in [9.17, 15) is 19.1 Å². The van der Waals surface area contributed by atoms with Gasteiger partial charge in [-0.15, -0.1) is 16.4 Å². The van der Waals surface area contributed by atoms with Crippen LogP contribution in [0.3, 0.4) is 0 Å². The fourth-order valence-electron chi connectivity index (χ4n) is 5.48. The van der Waals surface area contributed by atoms with E-state index in [0.29, 0.717) is 19.4 Å². The Morgan fingerprint density at radius 2 is 1.85 bits per heavy atom. The number of aromatic nitrogens is 3. The summed E-state index contributed by atoms with van der Waals surface area (Å²) < 4.78 is 53.0. The van der Waals surface area contributed by atoms with Crippen molar-refractivity contribution in [2.45, 2.75) is 71.2 Å². The summed E-state index contributed by atoms with van der Waals surface area (Å²) in [6.45, 7) is 16.0. The molecule has 1 aliphatic heterocycles. The lowest BCUT2D eigenvalue weighted by molar-refractivity contribution is 0.0132. The lowest BCUT2D eigenvalue weighted by atomic mass is 10.0. The van der Waals surface area contributed by atoms with Crippen LogP contribution in [-0.2, 0) is 11.3 Å². The molecule has 1 N–H and O–H groups in total. The number of halogens is 3. The van der Waals surface area contributed by atoms with Gasteiger partial charge < -0.3 is 19.6 Å². The summed E-state index contributed by atoms with van der Waals surface area (Å²) in [6.07, 6.45) is 0.773. The quantitative estimate of drug-likeness (QED) is 0.221. The van der Waals surface area contributed by atoms with E-state index in [2.05, 4.69) is 15.2 Å². The minimum Gasteiger partial charge on any atom is -0.444 e. The molecule has 3 heterocycles. The van der Waals surface area contributed by atoms with Crippen molar-refractivity contribution in [3.8, 4) is 21.6 Å². The first-order chi connectivity index (χ1) is 22.0. The van der Waals surface area contributed by atoms with E-state index in [-0.39, 0.29) is 68.2 Å². The zero-order valence-corrected chi connectivity index (χ0v) is 27.7. The van der Waals surface area contributed by atoms with Crippen LogP contribution in [0.4, 0.5) is 23.7 Å². The maximum absolute atomic E-state index is 15.9. The second-order valence-corrected chi connectivity index (χ2v) is 14.3. The van der Waals surface area contributed by atoms with E-state index in [0.717, 1.165) is 22.1 Å². The Bertz CT molecular complexity index is 1900. The summed E-state index contributed by atoms with van der Waals surface area (Å²) in [5.74, 6) is -3.66. The van der Waals surface area contributed by atoms with E-state index in [1.165, 1.54) is 43.0 Å². The van der Waals surface area contributed by atoms with Gasteiger partial charge in [0.1, 0.15) is 22.5 Å². The zero-order valence-electron chi connectivity index (χ0n) is 26.9. The second kappa shape index (κ2) is 12.6. The average Bonchev–Trinajstić information content (AvgIpc) is 3.61. The third-order valence-corrected chi connectivity index (χ3v) is 8.85. The van der Waals surface area contributed by atoms with Crippen LogP contribution in [0, 0.1) is 24.0 Å². The second-order valence-electron chi connectivity index (χ2n) is 13.2. The molecule has 0 unspecified atom stereocenters. The Labute approximate surface area is 274 Å². The largest absolute Gasteiger partial charge is 0.444 e. The maximum atomic E-state index is 15.9. The molecule has 47 heavy (non-hydrogen) atoms. The summed E-state index contributed by atoms with van der Waals surface area (Å²) in [5, 5.41) is 18.1. The third kappa shape index (κ3) is 7.11. The van der Waals surface area contributed by atoms with Crippen LogP contribution in [0.5, 0.6) is 0 Å². The number of ether oxygens (including phenoxy) is 1. The first-order valence-corrected chi connectivity index (χ1v) is 15.8. The molecule has 1 atom stereocenters. The molecule has 248 valence electrons. The summed E-state index contributed by atoms with van der Waals surface area (Å²) in [7, 11) is 1.63. The number of amides is 2. The van der Waals surface area contributed by atoms with Crippen LogP contribution in [0.2, 0.25) is 0 Å². The van der Waals surface area contributed by atoms with Gasteiger partial charge in [-0.3, -0.25) is 4.79 Å². The topological polar surface area (TPSA) is 105 Å². The van der Waals surface area contributed by atoms with Gasteiger partial charge >= 0.3 is 6.09 Å². The minimum atomic E-state index is -1.28. The summed E-state index contributed by atoms with van der Waals surface area (Å²) in [6, 6.07) is 6.38. The molecule has 0 saturated carbocycles. The number of carbonyl (C=O) groups is 2. The molecule has 0 radical (unpaired) electrons. The number of piperidine rings is 1. The van der Waals surface area contributed by atoms with Crippen molar-refractivity contribution in [1.29, 1.82) is 0 Å². The monoisotopic (exact) mass is 668 g/mol. The predicted octanol–water partition coefficient (Wildman–Crippen LogP) is 7.04. The highest BCUT2D eigenvalue weighted by atomic mass is 32.1. The number of rotatable bonds is 6. The van der Waals surface area contributed by atoms with Gasteiger partial charge in [0, 0.05) is 36.1 Å². The maximum Gasteiger partial charge on any atom is 0.410 e. The molecule has 0 bridgehead atoms. The molecule has 1 saturated heterocycles. The molecule has 10 nitrogen and oxygen atoms in total. The number of hydrogen-bond donors (Lipinski definition) is 1. The van der Waals surface area contributed by atoms with Crippen LogP contribution in [-0.4, -0.2) is 79.3 Å². The Morgan fingerprint density at radius 3 is 2.49 bits per heavy atom. The van der Waals surface area contributed by atoms with Crippen LogP contribution in [0.1, 0.15) is 57.1 Å². The molecule has 1 fully saturated rings. The van der Waals surface area contributed by atoms with Crippen molar-refractivity contribution in [2.24, 2.45) is 0 Å². The molecule has 14 heteroatoms. The van der Waals surface area contributed by atoms with E-state index in [1.807, 2.05) is 0 Å². The standard InChI is InChI=1S/C33H35F3N6O4S/c1-32(2,3)46-31(44)40(7)19-9-8-12-41(16-19)30(43)25-15-20(18-10-11-23(37-6)22(34)13-18)29(47-25)21-14-24-28(27(36)26(21)35)42(39-38-24)17-33(4,5)45/h10-11,13-15,19,45H,8-9,12,16-17H2,1-5,7H3/t19-/m1/s1. The van der Waals surface area contributed by atoms with E-state index < -0.39 is 34.7 Å². The Kier molecular flexibility index (Phi) is 9.09. The third-order valence-electron chi connectivity index (χ3n) is 7.70. The fourth-order valence-corrected chi connectivity index (χ4v) is 6.64. The van der Waals surface area contributed by atoms with Crippen molar-refractivity contribution in [3.63, 3.8) is 0 Å². The van der Waals surface area contributed by atoms with Crippen molar-refractivity contribution in [3.05, 3.63) is 64.1 Å². The Morgan fingerprint density at radius 1 is 1.13 bits per heavy atom. The molecule has 5 rings (SSSR count). The summed E-state index contributed by atoms with van der Waals surface area (Å²) in [4.78, 5) is 33.2. The molecule has 4 aromatic rings. The predicted molar refractivity (Wildman–Crippen MR) is 172 cm³/mol. The number of thiophene rings is 1. The van der Waals surface area contributed by atoms with Crippen LogP contribution >= 0.6 is 11.3 Å². The first kappa shape index (κ1) is 33.9. The number of benzene rings is 2. The lowest BCUT2D eigenvalue weighted by Gasteiger charge is -2.38. The van der Waals surface area contributed by atoms with Gasteiger partial charge in [0.15, 0.2) is 11.6 Å². The number of nitrogens with zero attached hydrogens (tertiary/aromatic N) is 6. The van der Waals surface area contributed by atoms with E-state index >= 15 is 8.78 Å². The Hall–Kier alpha value is -4.48. The SMILES string of the molecule is [C-]#[N+]c1ccc(-c2cc(C(=O)N3CCC[C@@H](N(C)C(=O)OC(C)(C)C)C3)sc2-c2cc3nnn(CC(C)(C)O)c3c(F)c2F)cc1F. The molecule has 2 aromatic heterocycles. The van der Waals surface area contributed by atoms with Crippen LogP contribution in [0.15, 0.2) is 30.3 Å². The van der Waals surface area contributed by atoms with Gasteiger partial charge in [0.25, 0.3) is 5.91 Å². The molecule has 0 spiro atoms. The zero-order chi connectivity index (χ0) is 34.4. The van der Waals surface area contributed by atoms with Gasteiger partial charge in [-0.1, -0.05) is 17.3 Å². The summed E-state index contributed by atoms with van der Waals surface area (Å²) in [5.41, 5.74) is -2.08. The molecule has 0 aliphatic carbocycles. The van der Waals surface area contributed by atoms with Crippen molar-refractivity contribution < 1.29 is 32.6 Å². The molecule has 2 amide bonds. The Balaban J connectivity index is 1.56. The highest BCUT2D eigenvalue weighted by molar-refractivity contribution is 7.18. The van der Waals surface area contributed by atoms with Gasteiger partial charge in [-0.25, -0.2) is 27.5 Å². The minimum absolute atomic E-state index is 0.0222. The average molecular weight is 669 g/mol. The van der Waals surface area contributed by atoms with Crippen LogP contribution in [0.25, 0.3) is 37.4 Å². The van der Waals surface area contributed by atoms with Crippen molar-refractivity contribution in [2.75, 3.05) is 20.1 Å². The van der Waals surface area contributed by atoms with Gasteiger partial charge in [-0.2, -0.15) is 0 Å². The van der Waals surface area contributed by atoms with E-state index in [1.54, 1.807) is 32.7 Å². The van der Waals surface area contributed by atoms with Gasteiger partial charge in [-0.05, 0) is 71.2 Å².